The van der Waals surface area contributed by atoms with Crippen molar-refractivity contribution in [1.82, 2.24) is 4.90 Å². The Balaban J connectivity index is 0.00000264. The fraction of sp³-hybridized carbons (Fsp3) is 0.417. The number of alkyl halides is 3. The number of non-ortho nitro benzene ring substituents is 1. The van der Waals surface area contributed by atoms with Gasteiger partial charge in [-0.05, 0) is 6.07 Å². The van der Waals surface area contributed by atoms with Gasteiger partial charge >= 0.3 is 35.7 Å². The predicted molar refractivity (Wildman–Crippen MR) is 81.8 cm³/mol. The summed E-state index contributed by atoms with van der Waals surface area (Å²) in [5, 5.41) is 10.7. The van der Waals surface area contributed by atoms with Gasteiger partial charge in [-0.2, -0.15) is 13.2 Å². The van der Waals surface area contributed by atoms with E-state index >= 15 is 0 Å². The first kappa shape index (κ1) is 20.4. The van der Waals surface area contributed by atoms with E-state index in [0.29, 0.717) is 36.6 Å². The minimum atomic E-state index is -4.66. The van der Waals surface area contributed by atoms with Crippen LogP contribution in [0.5, 0.6) is 0 Å². The van der Waals surface area contributed by atoms with Gasteiger partial charge in [-0.15, -0.1) is 0 Å². The van der Waals surface area contributed by atoms with Crippen LogP contribution in [-0.4, -0.2) is 40.3 Å². The minimum absolute atomic E-state index is 0. The van der Waals surface area contributed by atoms with Crippen LogP contribution in [-0.2, 0) is 18.8 Å². The normalized spacial score (nSPS) is 15.1. The molecule has 0 amide bonds. The van der Waals surface area contributed by atoms with Gasteiger partial charge in [-0.3, -0.25) is 10.1 Å². The quantitative estimate of drug-likeness (QED) is 0.231. The van der Waals surface area contributed by atoms with Crippen LogP contribution in [0.1, 0.15) is 5.56 Å². The van der Waals surface area contributed by atoms with E-state index in [0.717, 1.165) is 12.1 Å². The second kappa shape index (κ2) is 7.93. The van der Waals surface area contributed by atoms with Crippen molar-refractivity contribution in [2.75, 3.05) is 31.1 Å². The maximum absolute atomic E-state index is 13.2. The van der Waals surface area contributed by atoms with E-state index in [2.05, 4.69) is 0 Å². The topological polar surface area (TPSA) is 49.6 Å². The molecule has 0 spiro atoms. The number of nitro groups is 1. The molecule has 120 valence electrons. The van der Waals surface area contributed by atoms with Crippen molar-refractivity contribution in [2.45, 2.75) is 6.18 Å². The zero-order valence-electron chi connectivity index (χ0n) is 12.2. The van der Waals surface area contributed by atoms with Gasteiger partial charge in [0.25, 0.3) is 5.69 Å². The Bertz CT molecular complexity index is 608. The zero-order valence-corrected chi connectivity index (χ0v) is 15.8. The third-order valence-corrected chi connectivity index (χ3v) is 3.89. The number of hydrogen-bond acceptors (Lipinski definition) is 5. The van der Waals surface area contributed by atoms with Crippen molar-refractivity contribution in [2.24, 2.45) is 0 Å². The van der Waals surface area contributed by atoms with Crippen LogP contribution in [0.25, 0.3) is 0 Å². The molecule has 0 aliphatic carbocycles. The Morgan fingerprint density at radius 3 is 2.26 bits per heavy atom. The molecule has 5 nitrogen and oxygen atoms in total. The second-order valence-electron chi connectivity index (χ2n) is 4.70. The Hall–Kier alpha value is -0.680. The van der Waals surface area contributed by atoms with Crippen LogP contribution in [0.4, 0.5) is 24.5 Å². The summed E-state index contributed by atoms with van der Waals surface area (Å²) in [5.74, 6) is 0. The number of anilines is 1. The van der Waals surface area contributed by atoms with Crippen molar-refractivity contribution in [3.63, 3.8) is 0 Å². The number of hydrogen-bond donors (Lipinski definition) is 0. The van der Waals surface area contributed by atoms with Crippen molar-refractivity contribution >= 4 is 40.5 Å². The van der Waals surface area contributed by atoms with Gasteiger partial charge in [-0.1, -0.05) is 4.32 Å². The number of nitrogens with zero attached hydrogens (tertiary/aromatic N) is 3. The molecule has 1 saturated heterocycles. The van der Waals surface area contributed by atoms with Crippen LogP contribution in [0, 0.1) is 10.1 Å². The summed E-state index contributed by atoms with van der Waals surface area (Å²) in [6.07, 6.45) is -4.66. The van der Waals surface area contributed by atoms with Gasteiger partial charge in [0.05, 0.1) is 10.5 Å². The molecule has 1 aliphatic rings. The SMILES string of the molecule is O=[N+]([O-])c1ccc(N2CCN(C(=S)[S-])CC2)c(C(F)(F)F)c1.[Na+]. The van der Waals surface area contributed by atoms with Gasteiger partial charge in [0, 0.05) is 44.0 Å². The first-order valence-electron chi connectivity index (χ1n) is 6.26. The molecule has 0 bridgehead atoms. The van der Waals surface area contributed by atoms with E-state index < -0.39 is 22.4 Å². The average molecular weight is 373 g/mol. The van der Waals surface area contributed by atoms with Crippen LogP contribution >= 0.6 is 12.2 Å². The molecule has 1 aromatic carbocycles. The maximum atomic E-state index is 13.2. The molecule has 0 saturated carbocycles. The summed E-state index contributed by atoms with van der Waals surface area (Å²) in [6, 6.07) is 2.79. The standard InChI is InChI=1S/C12H12F3N3O2S2.Na/c13-12(14,15)9-7-8(18(19)20)1-2-10(9)16-3-5-17(6-4-16)11(21)22;/h1-2,7H,3-6H2,(H,21,22);/q;+1/p-1. The molecule has 0 aromatic heterocycles. The Labute approximate surface area is 163 Å². The Kier molecular flexibility index (Phi) is 7.02. The molecule has 1 aliphatic heterocycles. The summed E-state index contributed by atoms with van der Waals surface area (Å²) in [7, 11) is 0. The molecule has 0 unspecified atom stereocenters. The summed E-state index contributed by atoms with van der Waals surface area (Å²) in [5.41, 5.74) is -1.65. The molecule has 23 heavy (non-hydrogen) atoms. The number of rotatable bonds is 2. The number of thiocarbonyl (C=S) groups is 1. The van der Waals surface area contributed by atoms with Crippen molar-refractivity contribution in [1.29, 1.82) is 0 Å². The van der Waals surface area contributed by atoms with Gasteiger partial charge in [0.2, 0.25) is 0 Å². The molecular weight excluding hydrogens is 362 g/mol. The molecule has 1 aromatic rings. The smallest absolute Gasteiger partial charge is 0.411 e. The molecule has 0 N–H and O–H groups in total. The average Bonchev–Trinajstić information content (AvgIpc) is 2.45. The second-order valence-corrected chi connectivity index (χ2v) is 5.73. The summed E-state index contributed by atoms with van der Waals surface area (Å²) in [4.78, 5) is 13.1. The summed E-state index contributed by atoms with van der Waals surface area (Å²) in [6.45, 7) is 1.49. The Morgan fingerprint density at radius 2 is 1.83 bits per heavy atom. The van der Waals surface area contributed by atoms with Gasteiger partial charge in [-0.25, -0.2) is 0 Å². The molecule has 0 atom stereocenters. The summed E-state index contributed by atoms with van der Waals surface area (Å²) < 4.78 is 39.8. The maximum Gasteiger partial charge on any atom is 1.00 e. The van der Waals surface area contributed by atoms with Gasteiger partial charge < -0.3 is 34.6 Å². The van der Waals surface area contributed by atoms with Gasteiger partial charge in [0.15, 0.2) is 0 Å². The van der Waals surface area contributed by atoms with Crippen LogP contribution in [0.2, 0.25) is 0 Å². The third kappa shape index (κ3) is 4.90. The number of benzene rings is 1. The first-order chi connectivity index (χ1) is 10.2. The van der Waals surface area contributed by atoms with E-state index in [1.807, 2.05) is 0 Å². The minimum Gasteiger partial charge on any atom is -0.411 e. The molecule has 1 fully saturated rings. The van der Waals surface area contributed by atoms with E-state index in [4.69, 9.17) is 24.8 Å². The molecule has 11 heteroatoms. The van der Waals surface area contributed by atoms with E-state index in [9.17, 15) is 23.3 Å². The Morgan fingerprint density at radius 1 is 1.26 bits per heavy atom. The fourth-order valence-electron chi connectivity index (χ4n) is 2.27. The fourth-order valence-corrected chi connectivity index (χ4v) is 2.64. The van der Waals surface area contributed by atoms with E-state index in [-0.39, 0.29) is 35.2 Å². The number of halogens is 3. The molecule has 2 rings (SSSR count). The van der Waals surface area contributed by atoms with Gasteiger partial charge in [0.1, 0.15) is 0 Å². The largest absolute Gasteiger partial charge is 1.00 e. The van der Waals surface area contributed by atoms with E-state index in [1.54, 1.807) is 4.90 Å². The monoisotopic (exact) mass is 373 g/mol. The van der Waals surface area contributed by atoms with E-state index in [1.165, 1.54) is 4.90 Å². The molecule has 1 heterocycles. The van der Waals surface area contributed by atoms with Crippen molar-refractivity contribution < 1.29 is 47.7 Å². The van der Waals surface area contributed by atoms with Crippen molar-refractivity contribution in [3.05, 3.63) is 33.9 Å². The van der Waals surface area contributed by atoms with Crippen LogP contribution in [0.3, 0.4) is 0 Å². The molecule has 0 radical (unpaired) electrons. The van der Waals surface area contributed by atoms with Crippen LogP contribution < -0.4 is 34.5 Å². The first-order valence-corrected chi connectivity index (χ1v) is 7.08. The van der Waals surface area contributed by atoms with Crippen molar-refractivity contribution in [3.8, 4) is 0 Å². The third-order valence-electron chi connectivity index (χ3n) is 3.37. The zero-order chi connectivity index (χ0) is 16.5. The summed E-state index contributed by atoms with van der Waals surface area (Å²) >= 11 is 9.74. The number of piperazine rings is 1. The van der Waals surface area contributed by atoms with Crippen LogP contribution in [0.15, 0.2) is 18.2 Å². The number of nitro benzene ring substituents is 1. The predicted octanol–water partition coefficient (Wildman–Crippen LogP) is -0.429. The molecular formula is C12H11F3N3NaO2S2.